The minimum Gasteiger partial charge on any atom is -0.493 e. The van der Waals surface area contributed by atoms with E-state index in [0.29, 0.717) is 11.5 Å². The average molecular weight is 336 g/mol. The maximum absolute atomic E-state index is 11.8. The molecule has 0 unspecified atom stereocenters. The van der Waals surface area contributed by atoms with Gasteiger partial charge >= 0.3 is 13.1 Å². The normalized spacial score (nSPS) is 18.4. The van der Waals surface area contributed by atoms with Crippen LogP contribution in [0.3, 0.4) is 0 Å². The summed E-state index contributed by atoms with van der Waals surface area (Å²) in [5, 5.41) is 0. The molecule has 0 aromatic heterocycles. The molecule has 1 aliphatic rings. The van der Waals surface area contributed by atoms with Crippen molar-refractivity contribution in [2.24, 2.45) is 0 Å². The summed E-state index contributed by atoms with van der Waals surface area (Å²) in [6, 6.07) is 3.55. The second-order valence-electron chi connectivity index (χ2n) is 6.75. The van der Waals surface area contributed by atoms with Crippen molar-refractivity contribution in [2.75, 3.05) is 21.3 Å². The van der Waals surface area contributed by atoms with Gasteiger partial charge in [0.25, 0.3) is 0 Å². The second kappa shape index (κ2) is 6.65. The van der Waals surface area contributed by atoms with E-state index in [1.807, 2.05) is 27.7 Å². The van der Waals surface area contributed by atoms with Crippen molar-refractivity contribution in [1.29, 1.82) is 0 Å². The summed E-state index contributed by atoms with van der Waals surface area (Å²) in [5.41, 5.74) is 0.496. The molecular weight excluding hydrogens is 311 g/mol. The third-order valence-electron chi connectivity index (χ3n) is 4.72. The SMILES string of the molecule is COC(=O)Cc1cc(OC)c(OC)cc1B1OC(C)(C)C(C)(C)O1. The maximum Gasteiger partial charge on any atom is 0.495 e. The number of benzene rings is 1. The molecule has 0 atom stereocenters. The molecule has 1 aromatic rings. The summed E-state index contributed by atoms with van der Waals surface area (Å²) < 4.78 is 27.7. The fourth-order valence-corrected chi connectivity index (χ4v) is 2.51. The molecule has 1 fully saturated rings. The zero-order valence-corrected chi connectivity index (χ0v) is 15.4. The molecule has 0 bridgehead atoms. The van der Waals surface area contributed by atoms with Crippen LogP contribution in [-0.2, 0) is 25.3 Å². The summed E-state index contributed by atoms with van der Waals surface area (Å²) in [5.74, 6) is 0.743. The highest BCUT2D eigenvalue weighted by atomic mass is 16.7. The largest absolute Gasteiger partial charge is 0.495 e. The van der Waals surface area contributed by atoms with Gasteiger partial charge in [0.05, 0.1) is 39.0 Å². The third kappa shape index (κ3) is 3.37. The van der Waals surface area contributed by atoms with Crippen molar-refractivity contribution < 1.29 is 28.3 Å². The van der Waals surface area contributed by atoms with Crippen molar-refractivity contribution >= 4 is 18.6 Å². The van der Waals surface area contributed by atoms with Gasteiger partial charge in [-0.25, -0.2) is 0 Å². The van der Waals surface area contributed by atoms with Gasteiger partial charge in [-0.3, -0.25) is 4.79 Å². The molecule has 0 amide bonds. The molecule has 2 rings (SSSR count). The minimum atomic E-state index is -0.602. The zero-order chi connectivity index (χ0) is 18.1. The van der Waals surface area contributed by atoms with E-state index in [9.17, 15) is 4.79 Å². The minimum absolute atomic E-state index is 0.0935. The number of carbonyl (C=O) groups is 1. The summed E-state index contributed by atoms with van der Waals surface area (Å²) in [4.78, 5) is 11.8. The van der Waals surface area contributed by atoms with Crippen LogP contribution in [0.25, 0.3) is 0 Å². The lowest BCUT2D eigenvalue weighted by Crippen LogP contribution is -2.41. The van der Waals surface area contributed by atoms with Crippen LogP contribution in [0.15, 0.2) is 12.1 Å². The topological polar surface area (TPSA) is 63.2 Å². The first-order valence-electron chi connectivity index (χ1n) is 7.82. The highest BCUT2D eigenvalue weighted by Gasteiger charge is 2.52. The van der Waals surface area contributed by atoms with Gasteiger partial charge in [0.1, 0.15) is 0 Å². The first-order valence-corrected chi connectivity index (χ1v) is 7.82. The predicted molar refractivity (Wildman–Crippen MR) is 91.0 cm³/mol. The lowest BCUT2D eigenvalue weighted by atomic mass is 9.75. The predicted octanol–water partition coefficient (Wildman–Crippen LogP) is 1.72. The van der Waals surface area contributed by atoms with E-state index >= 15 is 0 Å². The first kappa shape index (κ1) is 18.6. The molecule has 6 nitrogen and oxygen atoms in total. The zero-order valence-electron chi connectivity index (χ0n) is 15.4. The van der Waals surface area contributed by atoms with Crippen LogP contribution in [0.5, 0.6) is 11.5 Å². The Morgan fingerprint density at radius 3 is 1.96 bits per heavy atom. The molecule has 0 aliphatic carbocycles. The standard InChI is InChI=1S/C17H25BO6/c1-16(2)17(3,4)24-18(23-16)12-10-14(21-6)13(20-5)8-11(12)9-15(19)22-7/h8,10H,9H2,1-7H3. The summed E-state index contributed by atoms with van der Waals surface area (Å²) in [6.45, 7) is 7.92. The number of hydrogen-bond acceptors (Lipinski definition) is 6. The summed E-state index contributed by atoms with van der Waals surface area (Å²) in [7, 11) is 3.87. The van der Waals surface area contributed by atoms with Crippen molar-refractivity contribution in [3.8, 4) is 11.5 Å². The quantitative estimate of drug-likeness (QED) is 0.603. The van der Waals surface area contributed by atoms with Gasteiger partial charge in [-0.1, -0.05) is 0 Å². The Labute approximate surface area is 143 Å². The molecule has 7 heteroatoms. The number of ether oxygens (including phenoxy) is 3. The molecule has 0 saturated carbocycles. The van der Waals surface area contributed by atoms with Gasteiger partial charge in [-0.05, 0) is 50.9 Å². The number of hydrogen-bond donors (Lipinski definition) is 0. The van der Waals surface area contributed by atoms with Crippen LogP contribution in [0.2, 0.25) is 0 Å². The molecule has 1 saturated heterocycles. The average Bonchev–Trinajstić information content (AvgIpc) is 2.74. The Morgan fingerprint density at radius 1 is 1.00 bits per heavy atom. The lowest BCUT2D eigenvalue weighted by Gasteiger charge is -2.32. The van der Waals surface area contributed by atoms with E-state index in [2.05, 4.69) is 0 Å². The van der Waals surface area contributed by atoms with Crippen LogP contribution < -0.4 is 14.9 Å². The maximum atomic E-state index is 11.8. The fraction of sp³-hybridized carbons (Fsp3) is 0.588. The molecular formula is C17H25BO6. The fourth-order valence-electron chi connectivity index (χ4n) is 2.51. The molecule has 1 aliphatic heterocycles. The third-order valence-corrected chi connectivity index (χ3v) is 4.72. The number of methoxy groups -OCH3 is 3. The van der Waals surface area contributed by atoms with Gasteiger partial charge < -0.3 is 23.5 Å². The lowest BCUT2D eigenvalue weighted by molar-refractivity contribution is -0.139. The molecule has 1 heterocycles. The molecule has 132 valence electrons. The Morgan fingerprint density at radius 2 is 1.50 bits per heavy atom. The molecule has 24 heavy (non-hydrogen) atoms. The molecule has 0 spiro atoms. The molecule has 1 aromatic carbocycles. The first-order chi connectivity index (χ1) is 11.1. The monoisotopic (exact) mass is 336 g/mol. The van der Waals surface area contributed by atoms with E-state index in [0.717, 1.165) is 11.0 Å². The van der Waals surface area contributed by atoms with E-state index in [4.69, 9.17) is 23.5 Å². The highest BCUT2D eigenvalue weighted by Crippen LogP contribution is 2.37. The van der Waals surface area contributed by atoms with Crippen LogP contribution in [0.1, 0.15) is 33.3 Å². The Bertz CT molecular complexity index is 610. The van der Waals surface area contributed by atoms with Crippen LogP contribution >= 0.6 is 0 Å². The van der Waals surface area contributed by atoms with Crippen LogP contribution in [0, 0.1) is 0 Å². The number of carbonyl (C=O) groups excluding carboxylic acids is 1. The van der Waals surface area contributed by atoms with E-state index in [-0.39, 0.29) is 12.4 Å². The van der Waals surface area contributed by atoms with Gasteiger partial charge in [0.2, 0.25) is 0 Å². The van der Waals surface area contributed by atoms with Crippen molar-refractivity contribution in [1.82, 2.24) is 0 Å². The van der Waals surface area contributed by atoms with Gasteiger partial charge in [0, 0.05) is 0 Å². The number of esters is 1. The van der Waals surface area contributed by atoms with Crippen LogP contribution in [0.4, 0.5) is 0 Å². The van der Waals surface area contributed by atoms with Crippen molar-refractivity contribution in [3.63, 3.8) is 0 Å². The van der Waals surface area contributed by atoms with Gasteiger partial charge in [-0.2, -0.15) is 0 Å². The van der Waals surface area contributed by atoms with Crippen molar-refractivity contribution in [2.45, 2.75) is 45.3 Å². The Hall–Kier alpha value is -1.73. The van der Waals surface area contributed by atoms with Gasteiger partial charge in [-0.15, -0.1) is 0 Å². The Kier molecular flexibility index (Phi) is 5.15. The van der Waals surface area contributed by atoms with Crippen LogP contribution in [-0.4, -0.2) is 45.6 Å². The molecule has 0 radical (unpaired) electrons. The second-order valence-corrected chi connectivity index (χ2v) is 6.75. The summed E-state index contributed by atoms with van der Waals surface area (Å²) in [6.07, 6.45) is 0.0935. The van der Waals surface area contributed by atoms with E-state index in [1.165, 1.54) is 7.11 Å². The number of rotatable bonds is 5. The van der Waals surface area contributed by atoms with E-state index in [1.54, 1.807) is 26.4 Å². The van der Waals surface area contributed by atoms with E-state index < -0.39 is 18.3 Å². The Balaban J connectivity index is 2.49. The molecule has 0 N–H and O–H groups in total. The van der Waals surface area contributed by atoms with Crippen molar-refractivity contribution in [3.05, 3.63) is 17.7 Å². The highest BCUT2D eigenvalue weighted by molar-refractivity contribution is 6.62. The summed E-state index contributed by atoms with van der Waals surface area (Å²) >= 11 is 0. The van der Waals surface area contributed by atoms with Gasteiger partial charge in [0.15, 0.2) is 11.5 Å². The smallest absolute Gasteiger partial charge is 0.493 e.